The maximum Gasteiger partial charge on any atom is 0.248 e. The van der Waals surface area contributed by atoms with Crippen molar-refractivity contribution in [1.82, 2.24) is 4.98 Å². The van der Waals surface area contributed by atoms with E-state index in [0.29, 0.717) is 5.52 Å². The molecule has 1 heterocycles. The molecule has 1 aromatic carbocycles. The molecule has 0 saturated heterocycles. The van der Waals surface area contributed by atoms with Crippen molar-refractivity contribution < 1.29 is 5.11 Å². The van der Waals surface area contributed by atoms with Crippen LogP contribution in [0.1, 0.15) is 38.2 Å². The van der Waals surface area contributed by atoms with Crippen LogP contribution >= 0.6 is 0 Å². The lowest BCUT2D eigenvalue weighted by Crippen LogP contribution is -2.06. The minimum Gasteiger partial charge on any atom is -0.508 e. The van der Waals surface area contributed by atoms with Crippen molar-refractivity contribution in [2.24, 2.45) is 0 Å². The van der Waals surface area contributed by atoms with E-state index in [1.165, 1.54) is 19.3 Å². The Balaban J connectivity index is 2.28. The lowest BCUT2D eigenvalue weighted by atomic mass is 10.0. The molecule has 3 heteroatoms. The van der Waals surface area contributed by atoms with E-state index in [1.54, 1.807) is 18.2 Å². The second-order valence-electron chi connectivity index (χ2n) is 4.70. The molecule has 0 fully saturated rings. The third-order valence-corrected chi connectivity index (χ3v) is 3.21. The molecule has 0 atom stereocenters. The van der Waals surface area contributed by atoms with Crippen molar-refractivity contribution in [3.8, 4) is 5.75 Å². The molecule has 1 aromatic heterocycles. The minimum absolute atomic E-state index is 0.0985. The summed E-state index contributed by atoms with van der Waals surface area (Å²) in [4.78, 5) is 14.3. The molecule has 96 valence electrons. The standard InChI is InChI=1S/C15H19NO2/c1-2-3-4-5-6-11-9-15(18)16-14-10-12(17)7-8-13(11)14/h7-10,17H,2-6H2,1H3,(H,16,18). The van der Waals surface area contributed by atoms with Crippen LogP contribution in [0.15, 0.2) is 29.1 Å². The molecular formula is C15H19NO2. The number of benzene rings is 1. The fraction of sp³-hybridized carbons (Fsp3) is 0.400. The van der Waals surface area contributed by atoms with Crippen molar-refractivity contribution in [3.05, 3.63) is 40.2 Å². The van der Waals surface area contributed by atoms with Gasteiger partial charge in [-0.3, -0.25) is 4.79 Å². The zero-order chi connectivity index (χ0) is 13.0. The monoisotopic (exact) mass is 245 g/mol. The first-order valence-corrected chi connectivity index (χ1v) is 6.55. The van der Waals surface area contributed by atoms with Crippen LogP contribution in [0.3, 0.4) is 0 Å². The number of aromatic nitrogens is 1. The molecule has 0 unspecified atom stereocenters. The number of H-pyrrole nitrogens is 1. The molecule has 0 bridgehead atoms. The second-order valence-corrected chi connectivity index (χ2v) is 4.70. The first kappa shape index (κ1) is 12.7. The second kappa shape index (κ2) is 5.71. The normalized spacial score (nSPS) is 10.9. The van der Waals surface area contributed by atoms with Crippen molar-refractivity contribution in [3.63, 3.8) is 0 Å². The molecule has 0 saturated carbocycles. The van der Waals surface area contributed by atoms with Crippen LogP contribution in [0.25, 0.3) is 10.9 Å². The highest BCUT2D eigenvalue weighted by molar-refractivity contribution is 5.83. The lowest BCUT2D eigenvalue weighted by Gasteiger charge is -2.06. The molecule has 2 rings (SSSR count). The summed E-state index contributed by atoms with van der Waals surface area (Å²) in [5.41, 5.74) is 1.69. The van der Waals surface area contributed by atoms with Gasteiger partial charge in [-0.15, -0.1) is 0 Å². The molecule has 3 nitrogen and oxygen atoms in total. The topological polar surface area (TPSA) is 53.1 Å². The van der Waals surface area contributed by atoms with Crippen LogP contribution in [0, 0.1) is 0 Å². The molecule has 0 radical (unpaired) electrons. The Labute approximate surface area is 106 Å². The Kier molecular flexibility index (Phi) is 4.03. The third-order valence-electron chi connectivity index (χ3n) is 3.21. The lowest BCUT2D eigenvalue weighted by molar-refractivity contribution is 0.476. The van der Waals surface area contributed by atoms with Crippen LogP contribution < -0.4 is 5.56 Å². The maximum atomic E-state index is 11.6. The van der Waals surface area contributed by atoms with E-state index in [-0.39, 0.29) is 11.3 Å². The van der Waals surface area contributed by atoms with Crippen LogP contribution in [0.2, 0.25) is 0 Å². The molecule has 0 spiro atoms. The van der Waals surface area contributed by atoms with Gasteiger partial charge >= 0.3 is 0 Å². The number of fused-ring (bicyclic) bond motifs is 1. The number of hydrogen-bond acceptors (Lipinski definition) is 2. The summed E-state index contributed by atoms with van der Waals surface area (Å²) in [5.74, 6) is 0.182. The van der Waals surface area contributed by atoms with Gasteiger partial charge in [-0.05, 0) is 30.5 Å². The fourth-order valence-corrected chi connectivity index (χ4v) is 2.27. The van der Waals surface area contributed by atoms with Crippen molar-refractivity contribution >= 4 is 10.9 Å². The highest BCUT2D eigenvalue weighted by Crippen LogP contribution is 2.21. The van der Waals surface area contributed by atoms with Crippen LogP contribution in [0.5, 0.6) is 5.75 Å². The summed E-state index contributed by atoms with van der Waals surface area (Å²) in [6.45, 7) is 2.19. The largest absolute Gasteiger partial charge is 0.508 e. The number of aromatic amines is 1. The Hall–Kier alpha value is -1.77. The average Bonchev–Trinajstić information content (AvgIpc) is 2.33. The van der Waals surface area contributed by atoms with Crippen LogP contribution in [-0.4, -0.2) is 10.1 Å². The molecule has 0 aliphatic rings. The van der Waals surface area contributed by atoms with Crippen molar-refractivity contribution in [2.75, 3.05) is 0 Å². The summed E-state index contributed by atoms with van der Waals surface area (Å²) < 4.78 is 0. The van der Waals surface area contributed by atoms with Gasteiger partial charge in [-0.2, -0.15) is 0 Å². The fourth-order valence-electron chi connectivity index (χ4n) is 2.27. The van der Waals surface area contributed by atoms with Crippen LogP contribution in [0.4, 0.5) is 0 Å². The van der Waals surface area contributed by atoms with Crippen molar-refractivity contribution in [1.29, 1.82) is 0 Å². The number of hydrogen-bond donors (Lipinski definition) is 2. The number of aromatic hydroxyl groups is 1. The van der Waals surface area contributed by atoms with E-state index in [9.17, 15) is 9.90 Å². The number of phenols is 1. The Bertz CT molecular complexity index is 587. The van der Waals surface area contributed by atoms with E-state index < -0.39 is 0 Å². The SMILES string of the molecule is CCCCCCc1cc(=O)[nH]c2cc(O)ccc12. The van der Waals surface area contributed by atoms with Gasteiger partial charge in [0, 0.05) is 17.5 Å². The van der Waals surface area contributed by atoms with Gasteiger partial charge in [-0.25, -0.2) is 0 Å². The van der Waals surface area contributed by atoms with Crippen LogP contribution in [-0.2, 0) is 6.42 Å². The highest BCUT2D eigenvalue weighted by Gasteiger charge is 2.04. The molecule has 0 amide bonds. The molecule has 0 aliphatic carbocycles. The highest BCUT2D eigenvalue weighted by atomic mass is 16.3. The zero-order valence-corrected chi connectivity index (χ0v) is 10.7. The van der Waals surface area contributed by atoms with E-state index in [0.717, 1.165) is 23.8 Å². The number of rotatable bonds is 5. The summed E-state index contributed by atoms with van der Waals surface area (Å²) in [6.07, 6.45) is 5.67. The molecule has 2 N–H and O–H groups in total. The maximum absolute atomic E-state index is 11.6. The number of phenolic OH excluding ortho intramolecular Hbond substituents is 1. The summed E-state index contributed by atoms with van der Waals surface area (Å²) in [7, 11) is 0. The van der Waals surface area contributed by atoms with Gasteiger partial charge in [0.05, 0.1) is 5.52 Å². The molecular weight excluding hydrogens is 226 g/mol. The number of nitrogens with one attached hydrogen (secondary N) is 1. The summed E-state index contributed by atoms with van der Waals surface area (Å²) in [6, 6.07) is 6.81. The third kappa shape index (κ3) is 2.92. The molecule has 18 heavy (non-hydrogen) atoms. The Morgan fingerprint density at radius 3 is 2.78 bits per heavy atom. The molecule has 0 aliphatic heterocycles. The quantitative estimate of drug-likeness (QED) is 0.794. The van der Waals surface area contributed by atoms with Gasteiger partial charge in [-0.1, -0.05) is 26.2 Å². The summed E-state index contributed by atoms with van der Waals surface area (Å²) >= 11 is 0. The van der Waals surface area contributed by atoms with E-state index >= 15 is 0 Å². The summed E-state index contributed by atoms with van der Waals surface area (Å²) in [5, 5.41) is 10.5. The minimum atomic E-state index is -0.0985. The predicted octanol–water partition coefficient (Wildman–Crippen LogP) is 3.36. The Morgan fingerprint density at radius 1 is 1.17 bits per heavy atom. The van der Waals surface area contributed by atoms with Crippen molar-refractivity contribution in [2.45, 2.75) is 39.0 Å². The first-order chi connectivity index (χ1) is 8.70. The number of pyridine rings is 1. The van der Waals surface area contributed by atoms with E-state index in [4.69, 9.17) is 0 Å². The average molecular weight is 245 g/mol. The van der Waals surface area contributed by atoms with Gasteiger partial charge in [0.15, 0.2) is 0 Å². The predicted molar refractivity (Wildman–Crippen MR) is 74.1 cm³/mol. The molecule has 2 aromatic rings. The van der Waals surface area contributed by atoms with E-state index in [1.807, 2.05) is 6.07 Å². The van der Waals surface area contributed by atoms with E-state index in [2.05, 4.69) is 11.9 Å². The smallest absolute Gasteiger partial charge is 0.248 e. The van der Waals surface area contributed by atoms with Gasteiger partial charge in [0.2, 0.25) is 5.56 Å². The number of unbranched alkanes of at least 4 members (excludes halogenated alkanes) is 3. The van der Waals surface area contributed by atoms with Gasteiger partial charge in [0.1, 0.15) is 5.75 Å². The zero-order valence-electron chi connectivity index (χ0n) is 10.7. The first-order valence-electron chi connectivity index (χ1n) is 6.55. The van der Waals surface area contributed by atoms with Gasteiger partial charge < -0.3 is 10.1 Å². The number of aryl methyl sites for hydroxylation is 1. The van der Waals surface area contributed by atoms with Gasteiger partial charge in [0.25, 0.3) is 0 Å². The Morgan fingerprint density at radius 2 is 2.00 bits per heavy atom.